The standard InChI is InChI=1S/C21H22N2O5/c1-21(2)16-9-8-15(18(24)25)12-17(16)23(19(21)26)11-10-22-20(27)28-13-14-6-4-3-5-7-14/h3-9,12H,10-11,13H2,1-2H3,(H,22,27)(H,24,25). The number of ether oxygens (including phenoxy) is 1. The molecular weight excluding hydrogens is 360 g/mol. The molecule has 7 nitrogen and oxygen atoms in total. The van der Waals surface area contributed by atoms with Crippen LogP contribution >= 0.6 is 0 Å². The van der Waals surface area contributed by atoms with Crippen molar-refractivity contribution in [2.75, 3.05) is 18.0 Å². The molecule has 1 heterocycles. The van der Waals surface area contributed by atoms with E-state index in [-0.39, 0.29) is 31.2 Å². The van der Waals surface area contributed by atoms with E-state index >= 15 is 0 Å². The molecule has 28 heavy (non-hydrogen) atoms. The lowest BCUT2D eigenvalue weighted by atomic mass is 9.86. The summed E-state index contributed by atoms with van der Waals surface area (Å²) in [6, 6.07) is 14.0. The van der Waals surface area contributed by atoms with Crippen LogP contribution in [0.25, 0.3) is 0 Å². The molecule has 2 N–H and O–H groups in total. The second-order valence-electron chi connectivity index (χ2n) is 7.11. The number of aromatic carboxylic acids is 1. The Bertz CT molecular complexity index is 908. The average Bonchev–Trinajstić information content (AvgIpc) is 2.87. The highest BCUT2D eigenvalue weighted by Gasteiger charge is 2.43. The molecule has 0 aliphatic carbocycles. The number of carboxylic acids is 1. The molecule has 7 heteroatoms. The molecule has 0 bridgehead atoms. The molecule has 146 valence electrons. The molecule has 0 saturated carbocycles. The summed E-state index contributed by atoms with van der Waals surface area (Å²) in [5, 5.41) is 11.8. The van der Waals surface area contributed by atoms with Crippen LogP contribution in [0, 0.1) is 0 Å². The Morgan fingerprint density at radius 3 is 2.54 bits per heavy atom. The number of alkyl carbamates (subject to hydrolysis) is 1. The zero-order chi connectivity index (χ0) is 20.3. The van der Waals surface area contributed by atoms with Crippen molar-refractivity contribution >= 4 is 23.7 Å². The van der Waals surface area contributed by atoms with Gasteiger partial charge in [0.05, 0.1) is 11.0 Å². The first-order valence-corrected chi connectivity index (χ1v) is 8.95. The summed E-state index contributed by atoms with van der Waals surface area (Å²) in [5.74, 6) is -1.19. The predicted molar refractivity (Wildman–Crippen MR) is 103 cm³/mol. The van der Waals surface area contributed by atoms with Gasteiger partial charge in [0, 0.05) is 18.8 Å². The summed E-state index contributed by atoms with van der Waals surface area (Å²) in [6.07, 6.45) is -0.575. The molecule has 0 aromatic heterocycles. The van der Waals surface area contributed by atoms with Crippen LogP contribution in [-0.2, 0) is 21.6 Å². The monoisotopic (exact) mass is 382 g/mol. The fourth-order valence-electron chi connectivity index (χ4n) is 3.24. The first kappa shape index (κ1) is 19.4. The van der Waals surface area contributed by atoms with Crippen LogP contribution < -0.4 is 10.2 Å². The molecule has 0 fully saturated rings. The van der Waals surface area contributed by atoms with E-state index in [9.17, 15) is 19.5 Å². The average molecular weight is 382 g/mol. The van der Waals surface area contributed by atoms with E-state index < -0.39 is 17.5 Å². The summed E-state index contributed by atoms with van der Waals surface area (Å²) >= 11 is 0. The number of hydrogen-bond donors (Lipinski definition) is 2. The highest BCUT2D eigenvalue weighted by atomic mass is 16.5. The summed E-state index contributed by atoms with van der Waals surface area (Å²) in [6.45, 7) is 4.17. The lowest BCUT2D eigenvalue weighted by Gasteiger charge is -2.20. The maximum absolute atomic E-state index is 12.8. The number of fused-ring (bicyclic) bond motifs is 1. The minimum absolute atomic E-state index is 0.115. The van der Waals surface area contributed by atoms with Crippen LogP contribution in [-0.4, -0.2) is 36.2 Å². The number of amides is 2. The Balaban J connectivity index is 1.61. The van der Waals surface area contributed by atoms with Gasteiger partial charge in [0.2, 0.25) is 5.91 Å². The lowest BCUT2D eigenvalue weighted by molar-refractivity contribution is -0.122. The molecular formula is C21H22N2O5. The fraction of sp³-hybridized carbons (Fsp3) is 0.286. The van der Waals surface area contributed by atoms with Crippen LogP contribution in [0.5, 0.6) is 0 Å². The lowest BCUT2D eigenvalue weighted by Crippen LogP contribution is -2.41. The van der Waals surface area contributed by atoms with E-state index in [2.05, 4.69) is 5.32 Å². The zero-order valence-corrected chi connectivity index (χ0v) is 15.8. The van der Waals surface area contributed by atoms with Gasteiger partial charge in [-0.25, -0.2) is 9.59 Å². The highest BCUT2D eigenvalue weighted by molar-refractivity contribution is 6.08. The van der Waals surface area contributed by atoms with Crippen molar-refractivity contribution in [2.24, 2.45) is 0 Å². The van der Waals surface area contributed by atoms with Crippen molar-refractivity contribution in [2.45, 2.75) is 25.9 Å². The Hall–Kier alpha value is -3.35. The van der Waals surface area contributed by atoms with E-state index in [0.717, 1.165) is 11.1 Å². The van der Waals surface area contributed by atoms with Gasteiger partial charge in [-0.1, -0.05) is 36.4 Å². The van der Waals surface area contributed by atoms with Crippen LogP contribution in [0.4, 0.5) is 10.5 Å². The molecule has 0 saturated heterocycles. The fourth-order valence-corrected chi connectivity index (χ4v) is 3.24. The first-order valence-electron chi connectivity index (χ1n) is 8.95. The number of nitrogens with one attached hydrogen (secondary N) is 1. The number of carboxylic acid groups (broad SMARTS) is 1. The second kappa shape index (κ2) is 7.72. The van der Waals surface area contributed by atoms with E-state index in [1.165, 1.54) is 17.0 Å². The number of hydrogen-bond acceptors (Lipinski definition) is 4. The molecule has 2 amide bonds. The van der Waals surface area contributed by atoms with Gasteiger partial charge in [-0.3, -0.25) is 4.79 Å². The van der Waals surface area contributed by atoms with Gasteiger partial charge in [-0.2, -0.15) is 0 Å². The van der Waals surface area contributed by atoms with Gasteiger partial charge in [-0.05, 0) is 37.1 Å². The Labute approximate surface area is 162 Å². The molecule has 0 atom stereocenters. The smallest absolute Gasteiger partial charge is 0.407 e. The number of carbonyl (C=O) groups is 3. The van der Waals surface area contributed by atoms with Gasteiger partial charge in [0.25, 0.3) is 0 Å². The third-order valence-corrected chi connectivity index (χ3v) is 4.81. The minimum Gasteiger partial charge on any atom is -0.478 e. The van der Waals surface area contributed by atoms with Crippen LogP contribution in [0.2, 0.25) is 0 Å². The molecule has 0 unspecified atom stereocenters. The predicted octanol–water partition coefficient (Wildman–Crippen LogP) is 2.94. The molecule has 0 radical (unpaired) electrons. The maximum atomic E-state index is 12.8. The van der Waals surface area contributed by atoms with Crippen LogP contribution in [0.1, 0.15) is 35.3 Å². The number of rotatable bonds is 6. The Morgan fingerprint density at radius 2 is 1.86 bits per heavy atom. The highest BCUT2D eigenvalue weighted by Crippen LogP contribution is 2.41. The largest absolute Gasteiger partial charge is 0.478 e. The topological polar surface area (TPSA) is 95.9 Å². The van der Waals surface area contributed by atoms with E-state index in [1.54, 1.807) is 19.9 Å². The van der Waals surface area contributed by atoms with Gasteiger partial charge in [-0.15, -0.1) is 0 Å². The Morgan fingerprint density at radius 1 is 1.14 bits per heavy atom. The normalized spacial score (nSPS) is 14.5. The van der Waals surface area contributed by atoms with Crippen LogP contribution in [0.15, 0.2) is 48.5 Å². The van der Waals surface area contributed by atoms with Crippen molar-refractivity contribution in [3.8, 4) is 0 Å². The minimum atomic E-state index is -1.05. The maximum Gasteiger partial charge on any atom is 0.407 e. The summed E-state index contributed by atoms with van der Waals surface area (Å²) in [5.41, 5.74) is 1.58. The van der Waals surface area contributed by atoms with Crippen molar-refractivity contribution in [1.82, 2.24) is 5.32 Å². The number of nitrogens with zero attached hydrogens (tertiary/aromatic N) is 1. The van der Waals surface area contributed by atoms with Gasteiger partial charge in [0.1, 0.15) is 6.61 Å². The van der Waals surface area contributed by atoms with Crippen molar-refractivity contribution in [3.63, 3.8) is 0 Å². The summed E-state index contributed by atoms with van der Waals surface area (Å²) < 4.78 is 5.15. The van der Waals surface area contributed by atoms with Gasteiger partial charge < -0.3 is 20.1 Å². The Kier molecular flexibility index (Phi) is 5.35. The third-order valence-electron chi connectivity index (χ3n) is 4.81. The van der Waals surface area contributed by atoms with Crippen molar-refractivity contribution in [1.29, 1.82) is 0 Å². The second-order valence-corrected chi connectivity index (χ2v) is 7.11. The van der Waals surface area contributed by atoms with Gasteiger partial charge in [0.15, 0.2) is 0 Å². The van der Waals surface area contributed by atoms with E-state index in [4.69, 9.17) is 4.74 Å². The first-order chi connectivity index (χ1) is 13.3. The van der Waals surface area contributed by atoms with E-state index in [0.29, 0.717) is 5.69 Å². The van der Waals surface area contributed by atoms with E-state index in [1.807, 2.05) is 30.3 Å². The number of anilines is 1. The third kappa shape index (κ3) is 3.83. The molecule has 2 aromatic rings. The molecule has 1 aliphatic heterocycles. The van der Waals surface area contributed by atoms with Gasteiger partial charge >= 0.3 is 12.1 Å². The summed E-state index contributed by atoms with van der Waals surface area (Å²) in [4.78, 5) is 37.4. The van der Waals surface area contributed by atoms with Crippen LogP contribution in [0.3, 0.4) is 0 Å². The zero-order valence-electron chi connectivity index (χ0n) is 15.8. The number of benzene rings is 2. The number of carbonyl (C=O) groups excluding carboxylic acids is 2. The van der Waals surface area contributed by atoms with Crippen molar-refractivity contribution < 1.29 is 24.2 Å². The molecule has 0 spiro atoms. The molecule has 1 aliphatic rings. The quantitative estimate of drug-likeness (QED) is 0.801. The SMILES string of the molecule is CC1(C)C(=O)N(CCNC(=O)OCc2ccccc2)c2cc(C(=O)O)ccc21. The summed E-state index contributed by atoms with van der Waals surface area (Å²) in [7, 11) is 0. The molecule has 3 rings (SSSR count). The molecule has 2 aromatic carbocycles. The van der Waals surface area contributed by atoms with Crippen molar-refractivity contribution in [3.05, 3.63) is 65.2 Å².